The fourth-order valence-corrected chi connectivity index (χ4v) is 1.93. The van der Waals surface area contributed by atoms with Crippen LogP contribution in [-0.2, 0) is 0 Å². The summed E-state index contributed by atoms with van der Waals surface area (Å²) < 4.78 is 0.944. The number of aliphatic hydroxyl groups excluding tert-OH is 1. The maximum atomic E-state index is 9.93. The second-order valence-electron chi connectivity index (χ2n) is 4.05. The van der Waals surface area contributed by atoms with Crippen LogP contribution in [0.25, 0.3) is 0 Å². The Morgan fingerprint density at radius 3 is 2.73 bits per heavy atom. The summed E-state index contributed by atoms with van der Waals surface area (Å²) in [6, 6.07) is 3.78. The molecule has 0 aliphatic heterocycles. The lowest BCUT2D eigenvalue weighted by atomic mass is 9.97. The van der Waals surface area contributed by atoms with E-state index in [1.165, 1.54) is 6.42 Å². The Kier molecular flexibility index (Phi) is 5.26. The highest BCUT2D eigenvalue weighted by atomic mass is 79.9. The summed E-state index contributed by atoms with van der Waals surface area (Å²) >= 11 is 3.33. The molecule has 2 atom stereocenters. The van der Waals surface area contributed by atoms with Crippen molar-refractivity contribution in [3.63, 3.8) is 0 Å². The van der Waals surface area contributed by atoms with Gasteiger partial charge in [0, 0.05) is 10.7 Å². The van der Waals surface area contributed by atoms with Gasteiger partial charge in [-0.15, -0.1) is 0 Å². The fraction of sp³-hybridized carbons (Fsp3) is 0.583. The van der Waals surface area contributed by atoms with Crippen molar-refractivity contribution in [3.05, 3.63) is 28.5 Å². The first kappa shape index (κ1) is 12.7. The Labute approximate surface area is 99.9 Å². The van der Waals surface area contributed by atoms with Gasteiger partial charge in [-0.1, -0.05) is 26.7 Å². The average molecular weight is 272 g/mol. The van der Waals surface area contributed by atoms with E-state index < -0.39 is 6.10 Å². The minimum Gasteiger partial charge on any atom is -0.387 e. The lowest BCUT2D eigenvalue weighted by Crippen LogP contribution is -2.06. The zero-order chi connectivity index (χ0) is 11.3. The second-order valence-corrected chi connectivity index (χ2v) is 4.96. The van der Waals surface area contributed by atoms with Crippen molar-refractivity contribution in [2.24, 2.45) is 5.92 Å². The zero-order valence-corrected chi connectivity index (χ0v) is 10.9. The molecule has 0 saturated carbocycles. The van der Waals surface area contributed by atoms with Crippen LogP contribution in [0.15, 0.2) is 22.8 Å². The molecule has 1 aromatic heterocycles. The van der Waals surface area contributed by atoms with Crippen molar-refractivity contribution in [2.45, 2.75) is 39.2 Å². The van der Waals surface area contributed by atoms with Crippen LogP contribution >= 0.6 is 15.9 Å². The summed E-state index contributed by atoms with van der Waals surface area (Å²) in [5, 5.41) is 9.93. The Morgan fingerprint density at radius 1 is 1.47 bits per heavy atom. The molecule has 1 rings (SSSR count). The minimum atomic E-state index is -0.431. The molecule has 0 spiro atoms. The van der Waals surface area contributed by atoms with Crippen LogP contribution in [0.4, 0.5) is 0 Å². The summed E-state index contributed by atoms with van der Waals surface area (Å²) in [4.78, 5) is 4.19. The smallest absolute Gasteiger partial charge is 0.0962 e. The molecule has 1 aromatic rings. The Morgan fingerprint density at radius 2 is 2.20 bits per heavy atom. The average Bonchev–Trinajstić information content (AvgIpc) is 2.18. The highest BCUT2D eigenvalue weighted by molar-refractivity contribution is 9.10. The molecule has 0 fully saturated rings. The van der Waals surface area contributed by atoms with Gasteiger partial charge in [-0.3, -0.25) is 4.98 Å². The summed E-state index contributed by atoms with van der Waals surface area (Å²) in [6.45, 7) is 4.34. The number of nitrogens with zero attached hydrogens (tertiary/aromatic N) is 1. The molecular weight excluding hydrogens is 254 g/mol. The molecule has 0 aliphatic carbocycles. The Hall–Kier alpha value is -0.410. The van der Waals surface area contributed by atoms with Crippen LogP contribution in [0.3, 0.4) is 0 Å². The lowest BCUT2D eigenvalue weighted by Gasteiger charge is -2.15. The van der Waals surface area contributed by atoms with Crippen LogP contribution in [0.5, 0.6) is 0 Å². The molecule has 3 heteroatoms. The van der Waals surface area contributed by atoms with Crippen LogP contribution in [-0.4, -0.2) is 10.1 Å². The van der Waals surface area contributed by atoms with Gasteiger partial charge in [-0.25, -0.2) is 0 Å². The summed E-state index contributed by atoms with van der Waals surface area (Å²) in [6.07, 6.45) is 4.42. The molecule has 0 aromatic carbocycles. The predicted octanol–water partition coefficient (Wildman–Crippen LogP) is 3.70. The zero-order valence-electron chi connectivity index (χ0n) is 9.28. The number of pyridine rings is 1. The van der Waals surface area contributed by atoms with E-state index in [0.29, 0.717) is 5.92 Å². The van der Waals surface area contributed by atoms with Gasteiger partial charge in [-0.05, 0) is 40.4 Å². The van der Waals surface area contributed by atoms with Crippen LogP contribution < -0.4 is 0 Å². The normalized spacial score (nSPS) is 14.9. The first-order valence-electron chi connectivity index (χ1n) is 5.43. The van der Waals surface area contributed by atoms with Crippen molar-refractivity contribution >= 4 is 15.9 Å². The second kappa shape index (κ2) is 6.23. The summed E-state index contributed by atoms with van der Waals surface area (Å²) in [5.41, 5.74) is 0.765. The van der Waals surface area contributed by atoms with Gasteiger partial charge in [0.1, 0.15) is 0 Å². The van der Waals surface area contributed by atoms with Gasteiger partial charge in [0.2, 0.25) is 0 Å². The molecule has 0 bridgehead atoms. The van der Waals surface area contributed by atoms with E-state index >= 15 is 0 Å². The first-order valence-corrected chi connectivity index (χ1v) is 6.22. The molecule has 0 aliphatic rings. The van der Waals surface area contributed by atoms with E-state index in [1.807, 2.05) is 12.1 Å². The van der Waals surface area contributed by atoms with Crippen molar-refractivity contribution in [2.75, 3.05) is 0 Å². The van der Waals surface area contributed by atoms with Gasteiger partial charge in [0.05, 0.1) is 11.8 Å². The molecule has 15 heavy (non-hydrogen) atoms. The number of hydrogen-bond acceptors (Lipinski definition) is 2. The Bertz CT molecular complexity index is 286. The molecule has 0 saturated heterocycles. The van der Waals surface area contributed by atoms with E-state index in [2.05, 4.69) is 34.8 Å². The standard InChI is InChI=1S/C12H18BrNO/c1-3-4-9(2)7-12(15)11-6-5-10(13)8-14-11/h5-6,8-9,12,15H,3-4,7H2,1-2H3. The van der Waals surface area contributed by atoms with E-state index in [9.17, 15) is 5.11 Å². The topological polar surface area (TPSA) is 33.1 Å². The van der Waals surface area contributed by atoms with Gasteiger partial charge in [0.15, 0.2) is 0 Å². The van der Waals surface area contributed by atoms with Gasteiger partial charge >= 0.3 is 0 Å². The van der Waals surface area contributed by atoms with E-state index in [4.69, 9.17) is 0 Å². The molecule has 2 nitrogen and oxygen atoms in total. The van der Waals surface area contributed by atoms with Gasteiger partial charge in [0.25, 0.3) is 0 Å². The lowest BCUT2D eigenvalue weighted by molar-refractivity contribution is 0.141. The molecule has 84 valence electrons. The molecule has 0 radical (unpaired) electrons. The highest BCUT2D eigenvalue weighted by Gasteiger charge is 2.12. The number of aromatic nitrogens is 1. The monoisotopic (exact) mass is 271 g/mol. The minimum absolute atomic E-state index is 0.431. The summed E-state index contributed by atoms with van der Waals surface area (Å²) in [5.74, 6) is 0.551. The van der Waals surface area contributed by atoms with Crippen LogP contribution in [0.1, 0.15) is 44.9 Å². The van der Waals surface area contributed by atoms with Crippen molar-refractivity contribution < 1.29 is 5.11 Å². The number of halogens is 1. The summed E-state index contributed by atoms with van der Waals surface area (Å²) in [7, 11) is 0. The van der Waals surface area contributed by atoms with Gasteiger partial charge < -0.3 is 5.11 Å². The van der Waals surface area contributed by atoms with Crippen LogP contribution in [0, 0.1) is 5.92 Å². The molecule has 1 heterocycles. The van der Waals surface area contributed by atoms with E-state index in [1.54, 1.807) is 6.20 Å². The molecule has 1 N–H and O–H groups in total. The van der Waals surface area contributed by atoms with E-state index in [-0.39, 0.29) is 0 Å². The molecule has 2 unspecified atom stereocenters. The number of rotatable bonds is 5. The highest BCUT2D eigenvalue weighted by Crippen LogP contribution is 2.22. The quantitative estimate of drug-likeness (QED) is 0.886. The van der Waals surface area contributed by atoms with Crippen LogP contribution in [0.2, 0.25) is 0 Å². The van der Waals surface area contributed by atoms with Crippen molar-refractivity contribution in [3.8, 4) is 0 Å². The van der Waals surface area contributed by atoms with Crippen molar-refractivity contribution in [1.29, 1.82) is 0 Å². The molecule has 0 amide bonds. The number of hydrogen-bond donors (Lipinski definition) is 1. The largest absolute Gasteiger partial charge is 0.387 e. The maximum Gasteiger partial charge on any atom is 0.0962 e. The number of aliphatic hydroxyl groups is 1. The van der Waals surface area contributed by atoms with E-state index in [0.717, 1.165) is 23.0 Å². The Balaban J connectivity index is 2.53. The third-order valence-electron chi connectivity index (χ3n) is 2.50. The van der Waals surface area contributed by atoms with Crippen molar-refractivity contribution in [1.82, 2.24) is 4.98 Å². The third kappa shape index (κ3) is 4.31. The fourth-order valence-electron chi connectivity index (χ4n) is 1.70. The third-order valence-corrected chi connectivity index (χ3v) is 2.97. The first-order chi connectivity index (χ1) is 7.13. The van der Waals surface area contributed by atoms with Gasteiger partial charge in [-0.2, -0.15) is 0 Å². The maximum absolute atomic E-state index is 9.93. The predicted molar refractivity (Wildman–Crippen MR) is 65.6 cm³/mol. The SMILES string of the molecule is CCCC(C)CC(O)c1ccc(Br)cn1. The molecular formula is C12H18BrNO.